The number of carbonyl (C=O) groups is 1. The summed E-state index contributed by atoms with van der Waals surface area (Å²) in [6.45, 7) is 0.364. The maximum atomic E-state index is 13.8. The van der Waals surface area contributed by atoms with E-state index in [4.69, 9.17) is 10.8 Å². The monoisotopic (exact) mass is 286 g/mol. The van der Waals surface area contributed by atoms with Crippen LogP contribution in [0.5, 0.6) is 0 Å². The summed E-state index contributed by atoms with van der Waals surface area (Å²) in [6, 6.07) is 2.08. The molecule has 0 radical (unpaired) electrons. The predicted octanol–water partition coefficient (Wildman–Crippen LogP) is 1.35. The third-order valence-electron chi connectivity index (χ3n) is 3.53. The number of hydrogen-bond acceptors (Lipinski definition) is 4. The van der Waals surface area contributed by atoms with Gasteiger partial charge in [0.25, 0.3) is 0 Å². The molecule has 1 saturated heterocycles. The second kappa shape index (κ2) is 5.24. The van der Waals surface area contributed by atoms with Crippen molar-refractivity contribution in [2.75, 3.05) is 23.7 Å². The lowest BCUT2D eigenvalue weighted by Gasteiger charge is -2.38. The molecule has 1 aliphatic heterocycles. The molecule has 0 aromatic heterocycles. The minimum Gasteiger partial charge on any atom is -0.481 e. The first-order chi connectivity index (χ1) is 9.31. The molecule has 1 aliphatic rings. The Morgan fingerprint density at radius 2 is 1.80 bits per heavy atom. The molecule has 0 amide bonds. The van der Waals surface area contributed by atoms with Crippen molar-refractivity contribution in [2.24, 2.45) is 0 Å². The Balaban J connectivity index is 2.13. The maximum absolute atomic E-state index is 13.8. The largest absolute Gasteiger partial charge is 0.481 e. The van der Waals surface area contributed by atoms with Crippen molar-refractivity contribution < 1.29 is 23.8 Å². The number of nitrogens with zero attached hydrogens (tertiary/aromatic N) is 1. The fourth-order valence-electron chi connectivity index (χ4n) is 2.49. The number of hydrogen-bond donors (Lipinski definition) is 3. The van der Waals surface area contributed by atoms with Crippen LogP contribution in [0, 0.1) is 11.6 Å². The molecule has 5 nitrogen and oxygen atoms in total. The summed E-state index contributed by atoms with van der Waals surface area (Å²) in [6.07, 6.45) is -0.0847. The number of nitrogens with two attached hydrogens (primary N) is 1. The van der Waals surface area contributed by atoms with E-state index in [0.717, 1.165) is 12.1 Å². The number of nitrogen functional groups attached to an aromatic ring is 1. The van der Waals surface area contributed by atoms with Crippen LogP contribution < -0.4 is 10.6 Å². The Morgan fingerprint density at radius 3 is 2.25 bits per heavy atom. The van der Waals surface area contributed by atoms with E-state index in [1.807, 2.05) is 0 Å². The van der Waals surface area contributed by atoms with Gasteiger partial charge in [-0.15, -0.1) is 0 Å². The van der Waals surface area contributed by atoms with Crippen molar-refractivity contribution >= 4 is 17.3 Å². The number of halogens is 2. The number of carboxylic acids is 1. The van der Waals surface area contributed by atoms with Crippen LogP contribution in [-0.4, -0.2) is 34.9 Å². The molecule has 0 unspecified atom stereocenters. The molecule has 0 bridgehead atoms. The van der Waals surface area contributed by atoms with E-state index in [-0.39, 0.29) is 43.7 Å². The third kappa shape index (κ3) is 2.98. The predicted molar refractivity (Wildman–Crippen MR) is 69.4 cm³/mol. The van der Waals surface area contributed by atoms with Crippen molar-refractivity contribution in [3.8, 4) is 0 Å². The van der Waals surface area contributed by atoms with Crippen LogP contribution in [0.2, 0.25) is 0 Å². The van der Waals surface area contributed by atoms with E-state index in [1.54, 1.807) is 0 Å². The summed E-state index contributed by atoms with van der Waals surface area (Å²) >= 11 is 0. The lowest BCUT2D eigenvalue weighted by molar-refractivity contribution is -0.143. The molecule has 20 heavy (non-hydrogen) atoms. The molecule has 1 heterocycles. The van der Waals surface area contributed by atoms with Crippen LogP contribution >= 0.6 is 0 Å². The summed E-state index contributed by atoms with van der Waals surface area (Å²) < 4.78 is 27.6. The van der Waals surface area contributed by atoms with Crippen molar-refractivity contribution in [1.82, 2.24) is 0 Å². The van der Waals surface area contributed by atoms with Gasteiger partial charge in [-0.25, -0.2) is 8.78 Å². The molecule has 1 aromatic carbocycles. The van der Waals surface area contributed by atoms with E-state index in [9.17, 15) is 18.7 Å². The van der Waals surface area contributed by atoms with Gasteiger partial charge in [-0.3, -0.25) is 4.79 Å². The fourth-order valence-corrected chi connectivity index (χ4v) is 2.49. The van der Waals surface area contributed by atoms with Gasteiger partial charge < -0.3 is 20.8 Å². The summed E-state index contributed by atoms with van der Waals surface area (Å²) in [5.74, 6) is -2.61. The second-order valence-corrected chi connectivity index (χ2v) is 5.12. The second-order valence-electron chi connectivity index (χ2n) is 5.12. The molecule has 0 spiro atoms. The molecule has 1 fully saturated rings. The van der Waals surface area contributed by atoms with Crippen molar-refractivity contribution in [1.29, 1.82) is 0 Å². The van der Waals surface area contributed by atoms with E-state index in [0.29, 0.717) is 0 Å². The first-order valence-corrected chi connectivity index (χ1v) is 6.24. The van der Waals surface area contributed by atoms with Gasteiger partial charge in [0.15, 0.2) is 11.6 Å². The first-order valence-electron chi connectivity index (χ1n) is 6.24. The molecular weight excluding hydrogens is 270 g/mol. The molecule has 1 aromatic rings. The SMILES string of the molecule is Nc1cc(F)c(N2CCC(O)(CC(=O)O)CC2)c(F)c1. The lowest BCUT2D eigenvalue weighted by Crippen LogP contribution is -2.46. The summed E-state index contributed by atoms with van der Waals surface area (Å²) in [5.41, 5.74) is 3.85. The van der Waals surface area contributed by atoms with Crippen LogP contribution in [0.4, 0.5) is 20.2 Å². The zero-order chi connectivity index (χ0) is 14.9. The Hall–Kier alpha value is -1.89. The highest BCUT2D eigenvalue weighted by atomic mass is 19.1. The molecular formula is C13H16F2N2O3. The first kappa shape index (κ1) is 14.5. The van der Waals surface area contributed by atoms with Crippen LogP contribution in [-0.2, 0) is 4.79 Å². The van der Waals surface area contributed by atoms with Crippen LogP contribution in [0.1, 0.15) is 19.3 Å². The standard InChI is InChI=1S/C13H16F2N2O3/c14-9-5-8(16)6-10(15)12(9)17-3-1-13(20,2-4-17)7-11(18)19/h5-6,20H,1-4,7,16H2,(H,18,19). The zero-order valence-electron chi connectivity index (χ0n) is 10.8. The number of benzene rings is 1. The number of piperidine rings is 1. The topological polar surface area (TPSA) is 86.8 Å². The normalized spacial score (nSPS) is 18.1. The molecule has 0 aliphatic carbocycles. The van der Waals surface area contributed by atoms with E-state index < -0.39 is 23.2 Å². The molecule has 7 heteroatoms. The van der Waals surface area contributed by atoms with Gasteiger partial charge in [-0.1, -0.05) is 0 Å². The molecule has 4 N–H and O–H groups in total. The van der Waals surface area contributed by atoms with Crippen LogP contribution in [0.3, 0.4) is 0 Å². The third-order valence-corrected chi connectivity index (χ3v) is 3.53. The fraction of sp³-hybridized carbons (Fsp3) is 0.462. The average molecular weight is 286 g/mol. The van der Waals surface area contributed by atoms with Gasteiger partial charge in [-0.05, 0) is 25.0 Å². The van der Waals surface area contributed by atoms with Gasteiger partial charge >= 0.3 is 5.97 Å². The van der Waals surface area contributed by atoms with Crippen molar-refractivity contribution in [3.05, 3.63) is 23.8 Å². The van der Waals surface area contributed by atoms with Gasteiger partial charge in [0.05, 0.1) is 12.0 Å². The maximum Gasteiger partial charge on any atom is 0.306 e. The Morgan fingerprint density at radius 1 is 1.30 bits per heavy atom. The van der Waals surface area contributed by atoms with Gasteiger partial charge in [0, 0.05) is 18.8 Å². The quantitative estimate of drug-likeness (QED) is 0.730. The zero-order valence-corrected chi connectivity index (χ0v) is 10.8. The van der Waals surface area contributed by atoms with Gasteiger partial charge in [0.1, 0.15) is 5.69 Å². The summed E-state index contributed by atoms with van der Waals surface area (Å²) in [5, 5.41) is 18.8. The number of aliphatic carboxylic acids is 1. The molecule has 0 atom stereocenters. The highest BCUT2D eigenvalue weighted by molar-refractivity contribution is 5.68. The minimum absolute atomic E-state index is 0.00291. The Kier molecular flexibility index (Phi) is 3.80. The molecule has 2 rings (SSSR count). The Labute approximate surface area is 114 Å². The smallest absolute Gasteiger partial charge is 0.306 e. The molecule has 0 saturated carbocycles. The van der Waals surface area contributed by atoms with Crippen molar-refractivity contribution in [3.63, 3.8) is 0 Å². The average Bonchev–Trinajstić information content (AvgIpc) is 2.29. The van der Waals surface area contributed by atoms with E-state index >= 15 is 0 Å². The summed E-state index contributed by atoms with van der Waals surface area (Å²) in [7, 11) is 0. The number of aliphatic hydroxyl groups is 1. The van der Waals surface area contributed by atoms with Crippen LogP contribution in [0.15, 0.2) is 12.1 Å². The van der Waals surface area contributed by atoms with Gasteiger partial charge in [-0.2, -0.15) is 0 Å². The highest BCUT2D eigenvalue weighted by Crippen LogP contribution is 2.32. The van der Waals surface area contributed by atoms with E-state index in [2.05, 4.69) is 0 Å². The minimum atomic E-state index is -1.32. The number of anilines is 2. The highest BCUT2D eigenvalue weighted by Gasteiger charge is 2.35. The molecule has 110 valence electrons. The summed E-state index contributed by atoms with van der Waals surface area (Å²) in [4.78, 5) is 12.1. The number of carboxylic acid groups (broad SMARTS) is 1. The lowest BCUT2D eigenvalue weighted by atomic mass is 9.88. The number of rotatable bonds is 3. The van der Waals surface area contributed by atoms with Crippen LogP contribution in [0.25, 0.3) is 0 Å². The van der Waals surface area contributed by atoms with E-state index in [1.165, 1.54) is 4.90 Å². The van der Waals surface area contributed by atoms with Gasteiger partial charge in [0.2, 0.25) is 0 Å². The van der Waals surface area contributed by atoms with Crippen molar-refractivity contribution in [2.45, 2.75) is 24.9 Å². The Bertz CT molecular complexity index is 505.